The molecular weight excluding hydrogens is 589 g/mol. The van der Waals surface area contributed by atoms with Crippen LogP contribution in [0.2, 0.25) is 5.04 Å². The average molecular weight is 639 g/mol. The van der Waals surface area contributed by atoms with Crippen LogP contribution in [-0.4, -0.2) is 59.8 Å². The molecule has 1 aliphatic heterocycles. The largest absolute Gasteiger partial charge is 0.405 e. The van der Waals surface area contributed by atoms with Crippen molar-refractivity contribution >= 4 is 28.5 Å². The van der Waals surface area contributed by atoms with Gasteiger partial charge in [-0.2, -0.15) is 0 Å². The molecule has 0 bridgehead atoms. The number of sulfone groups is 1. The summed E-state index contributed by atoms with van der Waals surface area (Å²) in [6, 6.07) is 28.1. The van der Waals surface area contributed by atoms with Gasteiger partial charge in [-0.15, -0.1) is 0 Å². The van der Waals surface area contributed by atoms with Crippen LogP contribution in [0.25, 0.3) is 0 Å². The van der Waals surface area contributed by atoms with E-state index in [0.717, 1.165) is 12.0 Å². The summed E-state index contributed by atoms with van der Waals surface area (Å²) >= 11 is 0. The predicted octanol–water partition coefficient (Wildman–Crippen LogP) is 6.44. The highest BCUT2D eigenvalue weighted by atomic mass is 32.2. The van der Waals surface area contributed by atoms with Crippen molar-refractivity contribution in [2.75, 3.05) is 19.0 Å². The minimum Gasteiger partial charge on any atom is -0.405 e. The van der Waals surface area contributed by atoms with Crippen molar-refractivity contribution in [3.05, 3.63) is 90.5 Å². The molecule has 1 fully saturated rings. The summed E-state index contributed by atoms with van der Waals surface area (Å²) in [5.41, 5.74) is 1.03. The second-order valence-corrected chi connectivity index (χ2v) is 19.7. The van der Waals surface area contributed by atoms with Crippen LogP contribution in [0.3, 0.4) is 0 Å². The molecule has 0 aliphatic carbocycles. The van der Waals surface area contributed by atoms with Crippen LogP contribution in [-0.2, 0) is 28.5 Å². The zero-order chi connectivity index (χ0) is 32.0. The molecule has 3 aromatic rings. The highest BCUT2D eigenvalue weighted by molar-refractivity contribution is 7.91. The van der Waals surface area contributed by atoms with Gasteiger partial charge < -0.3 is 18.6 Å². The van der Waals surface area contributed by atoms with E-state index in [9.17, 15) is 8.42 Å². The molecule has 4 rings (SSSR count). The van der Waals surface area contributed by atoms with Crippen LogP contribution in [0, 0.1) is 6.92 Å². The molecule has 0 unspecified atom stereocenters. The van der Waals surface area contributed by atoms with Crippen LogP contribution in [0.1, 0.15) is 66.4 Å². The SMILES string of the molecule is CC[C@@H](O[C@H](CCCS(=O)(=O)c1ccc(C)cc1)CO[Si](c1ccccc1)(c1ccccc1)C(C)(C)C)[C@@H]1COC(C)(C)O1. The number of hydrogen-bond acceptors (Lipinski definition) is 6. The second-order valence-electron chi connectivity index (χ2n) is 13.3. The van der Waals surface area contributed by atoms with Gasteiger partial charge >= 0.3 is 0 Å². The quantitative estimate of drug-likeness (QED) is 0.189. The number of aryl methyl sites for hydroxylation is 1. The minimum absolute atomic E-state index is 0.0436. The smallest absolute Gasteiger partial charge is 0.261 e. The zero-order valence-corrected chi connectivity index (χ0v) is 29.2. The van der Waals surface area contributed by atoms with Gasteiger partial charge in [0.05, 0.1) is 36.1 Å². The fourth-order valence-electron chi connectivity index (χ4n) is 6.13. The van der Waals surface area contributed by atoms with E-state index in [-0.39, 0.29) is 29.1 Å². The lowest BCUT2D eigenvalue weighted by Gasteiger charge is -2.44. The molecule has 0 amide bonds. The normalized spacial score (nSPS) is 18.7. The van der Waals surface area contributed by atoms with Crippen LogP contribution >= 0.6 is 0 Å². The first-order chi connectivity index (χ1) is 20.8. The highest BCUT2D eigenvalue weighted by Crippen LogP contribution is 2.37. The molecule has 3 aromatic carbocycles. The monoisotopic (exact) mass is 638 g/mol. The van der Waals surface area contributed by atoms with E-state index in [0.29, 0.717) is 31.0 Å². The lowest BCUT2D eigenvalue weighted by Crippen LogP contribution is -2.67. The van der Waals surface area contributed by atoms with Gasteiger partial charge in [0.25, 0.3) is 8.32 Å². The molecule has 0 saturated carbocycles. The molecule has 240 valence electrons. The van der Waals surface area contributed by atoms with Crippen molar-refractivity contribution in [3.63, 3.8) is 0 Å². The van der Waals surface area contributed by atoms with E-state index >= 15 is 0 Å². The van der Waals surface area contributed by atoms with Crippen molar-refractivity contribution in [2.24, 2.45) is 0 Å². The van der Waals surface area contributed by atoms with Gasteiger partial charge in [-0.25, -0.2) is 8.42 Å². The Hall–Kier alpha value is -2.33. The molecule has 0 aromatic heterocycles. The number of benzene rings is 3. The van der Waals surface area contributed by atoms with Gasteiger partial charge in [0.15, 0.2) is 15.6 Å². The zero-order valence-electron chi connectivity index (χ0n) is 27.4. The van der Waals surface area contributed by atoms with Gasteiger partial charge in [-0.05, 0) is 67.6 Å². The van der Waals surface area contributed by atoms with E-state index in [1.807, 2.05) is 45.0 Å². The predicted molar refractivity (Wildman–Crippen MR) is 180 cm³/mol. The molecule has 1 aliphatic rings. The van der Waals surface area contributed by atoms with Crippen molar-refractivity contribution in [2.45, 2.75) is 102 Å². The maximum atomic E-state index is 13.2. The Labute approximate surface area is 266 Å². The fraction of sp³-hybridized carbons (Fsp3) is 0.500. The molecule has 8 heteroatoms. The summed E-state index contributed by atoms with van der Waals surface area (Å²) < 4.78 is 52.5. The number of rotatable bonds is 14. The first-order valence-corrected chi connectivity index (χ1v) is 19.3. The molecule has 0 spiro atoms. The lowest BCUT2D eigenvalue weighted by molar-refractivity contribution is -0.165. The third kappa shape index (κ3) is 8.27. The Morgan fingerprint density at radius 2 is 1.50 bits per heavy atom. The van der Waals surface area contributed by atoms with Crippen LogP contribution < -0.4 is 10.4 Å². The Morgan fingerprint density at radius 3 is 1.98 bits per heavy atom. The van der Waals surface area contributed by atoms with E-state index in [1.54, 1.807) is 12.1 Å². The summed E-state index contributed by atoms with van der Waals surface area (Å²) in [6.45, 7) is 15.4. The van der Waals surface area contributed by atoms with Crippen molar-refractivity contribution in [1.29, 1.82) is 0 Å². The van der Waals surface area contributed by atoms with E-state index in [1.165, 1.54) is 10.4 Å². The first kappa shape index (κ1) is 34.5. The van der Waals surface area contributed by atoms with Crippen molar-refractivity contribution in [3.8, 4) is 0 Å². The average Bonchev–Trinajstić information content (AvgIpc) is 3.35. The van der Waals surface area contributed by atoms with Crippen molar-refractivity contribution in [1.82, 2.24) is 0 Å². The fourth-order valence-corrected chi connectivity index (χ4v) is 12.1. The number of ether oxygens (including phenoxy) is 3. The van der Waals surface area contributed by atoms with Crippen LogP contribution in [0.15, 0.2) is 89.8 Å². The van der Waals surface area contributed by atoms with Gasteiger partial charge in [-0.3, -0.25) is 0 Å². The number of hydrogen-bond donors (Lipinski definition) is 0. The van der Waals surface area contributed by atoms with Gasteiger partial charge in [0, 0.05) is 0 Å². The first-order valence-electron chi connectivity index (χ1n) is 15.8. The molecule has 1 saturated heterocycles. The molecule has 6 nitrogen and oxygen atoms in total. The Bertz CT molecular complexity index is 1380. The molecule has 0 radical (unpaired) electrons. The molecule has 1 heterocycles. The topological polar surface area (TPSA) is 71.1 Å². The van der Waals surface area contributed by atoms with E-state index in [2.05, 4.69) is 76.2 Å². The summed E-state index contributed by atoms with van der Waals surface area (Å²) in [7, 11) is -6.24. The summed E-state index contributed by atoms with van der Waals surface area (Å²) in [4.78, 5) is 0.356. The van der Waals surface area contributed by atoms with Gasteiger partial charge in [-0.1, -0.05) is 106 Å². The maximum absolute atomic E-state index is 13.2. The summed E-state index contributed by atoms with van der Waals surface area (Å²) in [6.07, 6.45) is 0.981. The Kier molecular flexibility index (Phi) is 11.3. The second kappa shape index (κ2) is 14.4. The summed E-state index contributed by atoms with van der Waals surface area (Å²) in [5.74, 6) is -0.619. The van der Waals surface area contributed by atoms with E-state index < -0.39 is 23.9 Å². The van der Waals surface area contributed by atoms with Crippen LogP contribution in [0.5, 0.6) is 0 Å². The molecular formula is C36H50O6SSi. The third-order valence-corrected chi connectivity index (χ3v) is 15.3. The minimum atomic E-state index is -3.42. The van der Waals surface area contributed by atoms with Gasteiger partial charge in [0.1, 0.15) is 6.10 Å². The van der Waals surface area contributed by atoms with E-state index in [4.69, 9.17) is 18.6 Å². The van der Waals surface area contributed by atoms with Gasteiger partial charge in [0.2, 0.25) is 0 Å². The van der Waals surface area contributed by atoms with Crippen molar-refractivity contribution < 1.29 is 27.1 Å². The standard InChI is InChI=1S/C36H50O6SSi/c1-8-33(34-27-39-36(6,7)42-34)41-29(16-15-25-43(37,38)30-23-21-28(2)22-24-30)26-40-44(35(3,4)5,31-17-11-9-12-18-31)32-19-13-10-14-20-32/h9-14,17-24,29,33-34H,8,15-16,25-27H2,1-7H3/t29-,33-,34+/m1/s1. The molecule has 44 heavy (non-hydrogen) atoms. The molecule has 0 N–H and O–H groups in total. The highest BCUT2D eigenvalue weighted by Gasteiger charge is 2.50. The lowest BCUT2D eigenvalue weighted by atomic mass is 10.1. The third-order valence-electron chi connectivity index (χ3n) is 8.44. The Morgan fingerprint density at radius 1 is 0.932 bits per heavy atom. The summed E-state index contributed by atoms with van der Waals surface area (Å²) in [5, 5.41) is 2.20. The van der Waals surface area contributed by atoms with Crippen LogP contribution in [0.4, 0.5) is 0 Å². The molecule has 3 atom stereocenters. The maximum Gasteiger partial charge on any atom is 0.261 e. The Balaban J connectivity index is 1.62.